The Morgan fingerprint density at radius 2 is 1.77 bits per heavy atom. The average Bonchev–Trinajstić information content (AvgIpc) is 2.78. The fourth-order valence-electron chi connectivity index (χ4n) is 3.04. The number of rotatable bonds is 6. The van der Waals surface area contributed by atoms with Gasteiger partial charge in [-0.25, -0.2) is 4.39 Å². The molecule has 150 valence electrons. The van der Waals surface area contributed by atoms with Crippen LogP contribution in [0.2, 0.25) is 0 Å². The molecule has 0 atom stereocenters. The maximum atomic E-state index is 13.2. The molecule has 6 heteroatoms. The first-order valence-electron chi connectivity index (χ1n) is 9.26. The molecule has 0 aliphatic heterocycles. The van der Waals surface area contributed by atoms with Crippen molar-refractivity contribution in [2.45, 2.75) is 0 Å². The predicted molar refractivity (Wildman–Crippen MR) is 113 cm³/mol. The van der Waals surface area contributed by atoms with Crippen molar-refractivity contribution in [2.75, 3.05) is 13.7 Å². The normalized spacial score (nSPS) is 11.5. The van der Waals surface area contributed by atoms with Crippen molar-refractivity contribution in [2.24, 2.45) is 5.16 Å². The lowest BCUT2D eigenvalue weighted by molar-refractivity contribution is 0.210. The molecule has 4 aromatic rings. The van der Waals surface area contributed by atoms with Crippen LogP contribution in [0.15, 0.2) is 93.2 Å². The summed E-state index contributed by atoms with van der Waals surface area (Å²) in [4.78, 5) is 17.5. The van der Waals surface area contributed by atoms with Crippen molar-refractivity contribution in [3.8, 4) is 17.1 Å². The van der Waals surface area contributed by atoms with Crippen molar-refractivity contribution in [3.63, 3.8) is 0 Å². The number of oxime groups is 1. The number of hydrogen-bond acceptors (Lipinski definition) is 5. The standard InChI is InChI=1S/C24H18FNO4/c1-28-26-21(16-7-9-18(25)10-8-16)15-29-19-11-12-23-20(13-19)22(27)14-24(30-23)17-5-3-2-4-6-17/h2-14H,15H2,1H3/b26-21-. The van der Waals surface area contributed by atoms with Gasteiger partial charge in [0.1, 0.15) is 42.3 Å². The Morgan fingerprint density at radius 1 is 1.00 bits per heavy atom. The Bertz CT molecular complexity index is 1250. The Hall–Kier alpha value is -3.93. The molecule has 0 fully saturated rings. The summed E-state index contributed by atoms with van der Waals surface area (Å²) in [6.45, 7) is 0.0818. The van der Waals surface area contributed by atoms with Crippen LogP contribution in [0.5, 0.6) is 5.75 Å². The van der Waals surface area contributed by atoms with Crippen LogP contribution in [0.1, 0.15) is 5.56 Å². The maximum Gasteiger partial charge on any atom is 0.193 e. The van der Waals surface area contributed by atoms with Crippen LogP contribution in [0, 0.1) is 5.82 Å². The fraction of sp³-hybridized carbons (Fsp3) is 0.0833. The molecule has 0 bridgehead atoms. The Kier molecular flexibility index (Phi) is 5.57. The van der Waals surface area contributed by atoms with Crippen LogP contribution < -0.4 is 10.2 Å². The second-order valence-electron chi connectivity index (χ2n) is 6.52. The highest BCUT2D eigenvalue weighted by atomic mass is 19.1. The smallest absolute Gasteiger partial charge is 0.193 e. The highest BCUT2D eigenvalue weighted by Crippen LogP contribution is 2.24. The minimum Gasteiger partial charge on any atom is -0.487 e. The van der Waals surface area contributed by atoms with Crippen LogP contribution in [0.25, 0.3) is 22.3 Å². The van der Waals surface area contributed by atoms with Crippen molar-refractivity contribution in [1.82, 2.24) is 0 Å². The van der Waals surface area contributed by atoms with E-state index in [1.54, 1.807) is 30.3 Å². The molecule has 0 unspecified atom stereocenters. The van der Waals surface area contributed by atoms with E-state index in [2.05, 4.69) is 5.16 Å². The molecular weight excluding hydrogens is 385 g/mol. The summed E-state index contributed by atoms with van der Waals surface area (Å²) in [5.74, 6) is 0.647. The maximum absolute atomic E-state index is 13.2. The summed E-state index contributed by atoms with van der Waals surface area (Å²) in [7, 11) is 1.43. The zero-order valence-electron chi connectivity index (χ0n) is 16.2. The summed E-state index contributed by atoms with van der Waals surface area (Å²) in [6, 6.07) is 21.8. The Morgan fingerprint density at radius 3 is 2.50 bits per heavy atom. The summed E-state index contributed by atoms with van der Waals surface area (Å²) in [5, 5.41) is 4.37. The molecule has 1 aromatic heterocycles. The third kappa shape index (κ3) is 4.22. The van der Waals surface area contributed by atoms with Crippen molar-refractivity contribution in [1.29, 1.82) is 0 Å². The van der Waals surface area contributed by atoms with Crippen molar-refractivity contribution < 1.29 is 18.4 Å². The Balaban J connectivity index is 1.59. The number of fused-ring (bicyclic) bond motifs is 1. The van der Waals surface area contributed by atoms with Gasteiger partial charge in [-0.1, -0.05) is 35.5 Å². The third-order valence-corrected chi connectivity index (χ3v) is 4.51. The molecular formula is C24H18FNO4. The van der Waals surface area contributed by atoms with Gasteiger partial charge in [0.05, 0.1) is 5.39 Å². The summed E-state index contributed by atoms with van der Waals surface area (Å²) >= 11 is 0. The fourth-order valence-corrected chi connectivity index (χ4v) is 3.04. The van der Waals surface area contributed by atoms with Crippen LogP contribution in [0.4, 0.5) is 4.39 Å². The van der Waals surface area contributed by atoms with Gasteiger partial charge in [-0.05, 0) is 42.5 Å². The van der Waals surface area contributed by atoms with E-state index >= 15 is 0 Å². The zero-order valence-corrected chi connectivity index (χ0v) is 16.2. The van der Waals surface area contributed by atoms with Gasteiger partial charge in [-0.2, -0.15) is 0 Å². The molecule has 0 aliphatic rings. The summed E-state index contributed by atoms with van der Waals surface area (Å²) in [6.07, 6.45) is 0. The molecule has 0 saturated carbocycles. The van der Waals surface area contributed by atoms with Gasteiger partial charge >= 0.3 is 0 Å². The molecule has 30 heavy (non-hydrogen) atoms. The van der Waals surface area contributed by atoms with Crippen LogP contribution >= 0.6 is 0 Å². The molecule has 1 heterocycles. The van der Waals surface area contributed by atoms with E-state index in [0.717, 1.165) is 5.56 Å². The van der Waals surface area contributed by atoms with Gasteiger partial charge in [0, 0.05) is 17.2 Å². The first kappa shape index (κ1) is 19.4. The first-order chi connectivity index (χ1) is 14.6. The molecule has 5 nitrogen and oxygen atoms in total. The molecule has 0 N–H and O–H groups in total. The second-order valence-corrected chi connectivity index (χ2v) is 6.52. The minimum absolute atomic E-state index is 0.0818. The van der Waals surface area contributed by atoms with E-state index in [4.69, 9.17) is 14.0 Å². The van der Waals surface area contributed by atoms with Gasteiger partial charge < -0.3 is 14.0 Å². The monoisotopic (exact) mass is 403 g/mol. The lowest BCUT2D eigenvalue weighted by Gasteiger charge is -2.10. The highest BCUT2D eigenvalue weighted by molar-refractivity contribution is 6.01. The topological polar surface area (TPSA) is 61.0 Å². The van der Waals surface area contributed by atoms with Crippen LogP contribution in [-0.2, 0) is 4.84 Å². The number of hydrogen-bond donors (Lipinski definition) is 0. The molecule has 0 radical (unpaired) electrons. The summed E-state index contributed by atoms with van der Waals surface area (Å²) < 4.78 is 24.9. The van der Waals surface area contributed by atoms with Gasteiger partial charge in [0.15, 0.2) is 5.43 Å². The van der Waals surface area contributed by atoms with Gasteiger partial charge in [-0.3, -0.25) is 4.79 Å². The molecule has 4 rings (SSSR count). The van der Waals surface area contributed by atoms with E-state index < -0.39 is 0 Å². The molecule has 0 aliphatic carbocycles. The van der Waals surface area contributed by atoms with E-state index in [1.165, 1.54) is 25.3 Å². The minimum atomic E-state index is -0.340. The van der Waals surface area contributed by atoms with E-state index in [0.29, 0.717) is 33.8 Å². The second kappa shape index (κ2) is 8.61. The molecule has 0 spiro atoms. The number of nitrogens with zero attached hydrogens (tertiary/aromatic N) is 1. The van der Waals surface area contributed by atoms with Gasteiger partial charge in [-0.15, -0.1) is 0 Å². The molecule has 3 aromatic carbocycles. The van der Waals surface area contributed by atoms with E-state index in [-0.39, 0.29) is 17.9 Å². The largest absolute Gasteiger partial charge is 0.487 e. The highest BCUT2D eigenvalue weighted by Gasteiger charge is 2.10. The van der Waals surface area contributed by atoms with E-state index in [1.807, 2.05) is 30.3 Å². The van der Waals surface area contributed by atoms with Crippen molar-refractivity contribution >= 4 is 16.7 Å². The molecule has 0 saturated heterocycles. The SMILES string of the molecule is CO/N=C(/COc1ccc2oc(-c3ccccc3)cc(=O)c2c1)c1ccc(F)cc1. The van der Waals surface area contributed by atoms with Crippen LogP contribution in [0.3, 0.4) is 0 Å². The van der Waals surface area contributed by atoms with E-state index in [9.17, 15) is 9.18 Å². The zero-order chi connectivity index (χ0) is 20.9. The van der Waals surface area contributed by atoms with Gasteiger partial charge in [0.25, 0.3) is 0 Å². The first-order valence-corrected chi connectivity index (χ1v) is 9.26. The predicted octanol–water partition coefficient (Wildman–Crippen LogP) is 5.03. The lowest BCUT2D eigenvalue weighted by atomic mass is 10.1. The summed E-state index contributed by atoms with van der Waals surface area (Å²) in [5.41, 5.74) is 2.30. The van der Waals surface area contributed by atoms with Gasteiger partial charge in [0.2, 0.25) is 0 Å². The lowest BCUT2D eigenvalue weighted by Crippen LogP contribution is -2.14. The average molecular weight is 403 g/mol. The quantitative estimate of drug-likeness (QED) is 0.335. The van der Waals surface area contributed by atoms with Crippen LogP contribution in [-0.4, -0.2) is 19.4 Å². The van der Waals surface area contributed by atoms with Crippen molar-refractivity contribution in [3.05, 3.63) is 100 Å². The Labute approximate surface area is 172 Å². The molecule has 0 amide bonds. The number of ether oxygens (including phenoxy) is 1. The third-order valence-electron chi connectivity index (χ3n) is 4.51. The number of halogens is 1. The number of benzene rings is 3.